The largest absolute Gasteiger partial charge is 0.491 e. The number of hydrogen-bond donors (Lipinski definition) is 5. The van der Waals surface area contributed by atoms with Gasteiger partial charge < -0.3 is 50.5 Å². The zero-order valence-corrected chi connectivity index (χ0v) is 32.3. The van der Waals surface area contributed by atoms with Crippen LogP contribution in [0.5, 0.6) is 5.75 Å². The van der Waals surface area contributed by atoms with Gasteiger partial charge in [-0.3, -0.25) is 14.4 Å². The monoisotopic (exact) mass is 773 g/mol. The van der Waals surface area contributed by atoms with E-state index in [2.05, 4.69) is 20.9 Å². The van der Waals surface area contributed by atoms with E-state index in [9.17, 15) is 19.5 Å². The van der Waals surface area contributed by atoms with Gasteiger partial charge in [0, 0.05) is 31.1 Å². The van der Waals surface area contributed by atoms with Gasteiger partial charge in [0.15, 0.2) is 0 Å². The highest BCUT2D eigenvalue weighted by Crippen LogP contribution is 2.35. The van der Waals surface area contributed by atoms with E-state index in [0.717, 1.165) is 39.0 Å². The first-order valence-electron chi connectivity index (χ1n) is 19.0. The van der Waals surface area contributed by atoms with Gasteiger partial charge in [0.2, 0.25) is 11.8 Å². The van der Waals surface area contributed by atoms with Crippen LogP contribution in [-0.4, -0.2) is 106 Å². The third-order valence-corrected chi connectivity index (χ3v) is 8.64. The molecule has 0 aliphatic heterocycles. The molecule has 14 nitrogen and oxygen atoms in total. The standard InChI is InChI=1S/C42H55N5O9/c1-30-15-18-45-39(28-30)44-17-5-8-40(48)46-31(2)42(51)47-37(29-41(49)50)33-11-9-32(10-12-33)34-13-14-38(36-7-4-3-6-35(34)36)56-27-26-55-25-24-54-23-22-53-21-20-52-19-16-43/h3-4,6-7,9-15,18,28,31,37H,5,8,16-17,19-27,29,43H2,1-2H3,(H,44,45)(H,46,48)(H,47,51)(H,49,50)/t31-,37-/m0/s1. The second kappa shape index (κ2) is 24.4. The molecule has 2 amide bonds. The summed E-state index contributed by atoms with van der Waals surface area (Å²) in [6, 6.07) is 21.5. The highest BCUT2D eigenvalue weighted by molar-refractivity contribution is 6.00. The number of rotatable bonds is 27. The van der Waals surface area contributed by atoms with E-state index >= 15 is 0 Å². The van der Waals surface area contributed by atoms with Gasteiger partial charge >= 0.3 is 5.97 Å². The van der Waals surface area contributed by atoms with Gasteiger partial charge in [-0.05, 0) is 66.1 Å². The number of amides is 2. The van der Waals surface area contributed by atoms with Crippen molar-refractivity contribution >= 4 is 34.4 Å². The number of carbonyl (C=O) groups is 3. The van der Waals surface area contributed by atoms with Crippen LogP contribution in [0.4, 0.5) is 5.82 Å². The molecule has 4 aromatic rings. The van der Waals surface area contributed by atoms with Crippen LogP contribution in [0.15, 0.2) is 79.0 Å². The van der Waals surface area contributed by atoms with Crippen LogP contribution < -0.4 is 26.4 Å². The van der Waals surface area contributed by atoms with E-state index in [4.69, 9.17) is 29.4 Å². The molecule has 6 N–H and O–H groups in total. The Kier molecular flexibility index (Phi) is 19.0. The van der Waals surface area contributed by atoms with Crippen molar-refractivity contribution in [3.8, 4) is 16.9 Å². The number of hydrogen-bond acceptors (Lipinski definition) is 11. The predicted molar refractivity (Wildman–Crippen MR) is 215 cm³/mol. The van der Waals surface area contributed by atoms with Crippen molar-refractivity contribution in [2.24, 2.45) is 5.73 Å². The summed E-state index contributed by atoms with van der Waals surface area (Å²) in [5, 5.41) is 20.3. The zero-order valence-electron chi connectivity index (χ0n) is 32.3. The molecule has 1 aromatic heterocycles. The molecule has 3 aromatic carbocycles. The van der Waals surface area contributed by atoms with Crippen molar-refractivity contribution in [1.82, 2.24) is 15.6 Å². The second-order valence-electron chi connectivity index (χ2n) is 13.1. The fourth-order valence-electron chi connectivity index (χ4n) is 5.80. The van der Waals surface area contributed by atoms with Crippen molar-refractivity contribution in [2.45, 2.75) is 45.2 Å². The van der Waals surface area contributed by atoms with Crippen LogP contribution in [0.25, 0.3) is 21.9 Å². The summed E-state index contributed by atoms with van der Waals surface area (Å²) in [4.78, 5) is 41.7. The molecule has 0 fully saturated rings. The first kappa shape index (κ1) is 43.6. The number of ether oxygens (including phenoxy) is 5. The molecule has 0 saturated carbocycles. The summed E-state index contributed by atoms with van der Waals surface area (Å²) in [7, 11) is 0. The predicted octanol–water partition coefficient (Wildman–Crippen LogP) is 4.64. The Labute approximate surface area is 328 Å². The number of aromatic nitrogens is 1. The molecule has 0 saturated heterocycles. The lowest BCUT2D eigenvalue weighted by Gasteiger charge is -2.21. The SMILES string of the molecule is Cc1ccnc(NCCCC(=O)N[C@@H](C)C(=O)N[C@@H](CC(=O)O)c2ccc(-c3ccc(OCCOCCOCCOCCOCCN)c4ccccc34)cc2)c1. The Morgan fingerprint density at radius 3 is 2.07 bits per heavy atom. The van der Waals surface area contributed by atoms with Crippen molar-refractivity contribution in [1.29, 1.82) is 0 Å². The molecular formula is C42H55N5O9. The molecule has 56 heavy (non-hydrogen) atoms. The average Bonchev–Trinajstić information content (AvgIpc) is 3.19. The lowest BCUT2D eigenvalue weighted by atomic mass is 9.95. The first-order chi connectivity index (χ1) is 27.2. The molecule has 0 bridgehead atoms. The Balaban J connectivity index is 1.24. The number of aryl methyl sites for hydroxylation is 1. The molecule has 0 spiro atoms. The number of benzene rings is 3. The number of fused-ring (bicyclic) bond motifs is 1. The number of nitrogens with one attached hydrogen (secondary N) is 3. The second-order valence-corrected chi connectivity index (χ2v) is 13.1. The number of aliphatic carboxylic acids is 1. The normalized spacial score (nSPS) is 12.2. The number of carboxylic acid groups (broad SMARTS) is 1. The average molecular weight is 774 g/mol. The Bertz CT molecular complexity index is 1810. The number of nitrogens with zero attached hydrogens (tertiary/aromatic N) is 1. The molecule has 0 aliphatic carbocycles. The van der Waals surface area contributed by atoms with Gasteiger partial charge in [0.1, 0.15) is 24.2 Å². The minimum Gasteiger partial charge on any atom is -0.491 e. The fourth-order valence-corrected chi connectivity index (χ4v) is 5.80. The highest BCUT2D eigenvalue weighted by Gasteiger charge is 2.23. The maximum Gasteiger partial charge on any atom is 0.305 e. The van der Waals surface area contributed by atoms with E-state index in [-0.39, 0.29) is 18.7 Å². The first-order valence-corrected chi connectivity index (χ1v) is 19.0. The molecule has 0 unspecified atom stereocenters. The van der Waals surface area contributed by atoms with E-state index < -0.39 is 24.0 Å². The Morgan fingerprint density at radius 2 is 1.43 bits per heavy atom. The van der Waals surface area contributed by atoms with E-state index in [1.165, 1.54) is 0 Å². The summed E-state index contributed by atoms with van der Waals surface area (Å²) >= 11 is 0. The third-order valence-electron chi connectivity index (χ3n) is 8.64. The molecule has 0 aliphatic rings. The van der Waals surface area contributed by atoms with Crippen molar-refractivity contribution in [3.63, 3.8) is 0 Å². The Hall–Kier alpha value is -5.12. The van der Waals surface area contributed by atoms with Crippen LogP contribution in [0.1, 0.15) is 43.4 Å². The summed E-state index contributed by atoms with van der Waals surface area (Å²) in [6.45, 7) is 8.79. The van der Waals surface area contributed by atoms with Crippen molar-refractivity contribution < 1.29 is 43.2 Å². The van der Waals surface area contributed by atoms with Crippen molar-refractivity contribution in [2.75, 3.05) is 77.9 Å². The number of nitrogens with two attached hydrogens (primary N) is 1. The van der Waals surface area contributed by atoms with Gasteiger partial charge in [-0.25, -0.2) is 4.98 Å². The van der Waals surface area contributed by atoms with Gasteiger partial charge in [0.25, 0.3) is 0 Å². The minimum absolute atomic E-state index is 0.216. The lowest BCUT2D eigenvalue weighted by molar-refractivity contribution is -0.138. The number of carboxylic acids is 1. The Morgan fingerprint density at radius 1 is 0.786 bits per heavy atom. The molecule has 1 heterocycles. The minimum atomic E-state index is -1.06. The molecule has 2 atom stereocenters. The number of anilines is 1. The molecule has 14 heteroatoms. The van der Waals surface area contributed by atoms with E-state index in [1.807, 2.05) is 79.7 Å². The summed E-state index contributed by atoms with van der Waals surface area (Å²) < 4.78 is 28.0. The maximum atomic E-state index is 13.1. The molecule has 302 valence electrons. The van der Waals surface area contributed by atoms with Crippen LogP contribution in [-0.2, 0) is 33.3 Å². The molecular weight excluding hydrogens is 718 g/mol. The van der Waals surface area contributed by atoms with Gasteiger partial charge in [-0.2, -0.15) is 0 Å². The number of carbonyl (C=O) groups excluding carboxylic acids is 2. The van der Waals surface area contributed by atoms with E-state index in [0.29, 0.717) is 84.5 Å². The molecule has 4 rings (SSSR count). The summed E-state index contributed by atoms with van der Waals surface area (Å²) in [5.41, 5.74) is 8.97. The summed E-state index contributed by atoms with van der Waals surface area (Å²) in [5.74, 6) is -0.339. The van der Waals surface area contributed by atoms with Crippen LogP contribution in [0.3, 0.4) is 0 Å². The zero-order chi connectivity index (χ0) is 40.0. The highest BCUT2D eigenvalue weighted by atomic mass is 16.6. The quantitative estimate of drug-likeness (QED) is 0.0529. The van der Waals surface area contributed by atoms with Crippen LogP contribution >= 0.6 is 0 Å². The maximum absolute atomic E-state index is 13.1. The van der Waals surface area contributed by atoms with Gasteiger partial charge in [0.05, 0.1) is 65.3 Å². The summed E-state index contributed by atoms with van der Waals surface area (Å²) in [6.07, 6.45) is 2.16. The molecule has 0 radical (unpaired) electrons. The van der Waals surface area contributed by atoms with Crippen LogP contribution in [0, 0.1) is 6.92 Å². The number of pyridine rings is 1. The smallest absolute Gasteiger partial charge is 0.305 e. The fraction of sp³-hybridized carbons (Fsp3) is 0.429. The van der Waals surface area contributed by atoms with Gasteiger partial charge in [-0.1, -0.05) is 54.6 Å². The van der Waals surface area contributed by atoms with E-state index in [1.54, 1.807) is 13.1 Å². The van der Waals surface area contributed by atoms with Crippen LogP contribution in [0.2, 0.25) is 0 Å². The topological polar surface area (TPSA) is 193 Å². The van der Waals surface area contributed by atoms with Gasteiger partial charge in [-0.15, -0.1) is 0 Å². The third kappa shape index (κ3) is 15.2. The van der Waals surface area contributed by atoms with Crippen molar-refractivity contribution in [3.05, 3.63) is 90.1 Å². The lowest BCUT2D eigenvalue weighted by Crippen LogP contribution is -2.46.